The van der Waals surface area contributed by atoms with Gasteiger partial charge in [0.15, 0.2) is 0 Å². The van der Waals surface area contributed by atoms with Gasteiger partial charge in [0.1, 0.15) is 0 Å². The number of hydrogen-bond acceptors (Lipinski definition) is 2. The van der Waals surface area contributed by atoms with E-state index < -0.39 is 0 Å². The maximum absolute atomic E-state index is 11.4. The van der Waals surface area contributed by atoms with E-state index >= 15 is 0 Å². The number of carbonyl (C=O) groups excluding carboxylic acids is 1. The summed E-state index contributed by atoms with van der Waals surface area (Å²) >= 11 is 0. The molecule has 0 aliphatic rings. The van der Waals surface area contributed by atoms with Crippen molar-refractivity contribution in [3.63, 3.8) is 0 Å². The van der Waals surface area contributed by atoms with Crippen LogP contribution in [-0.2, 0) is 9.53 Å². The average Bonchev–Trinajstić information content (AvgIpc) is 2.14. The summed E-state index contributed by atoms with van der Waals surface area (Å²) < 4.78 is 5.06. The predicted molar refractivity (Wildman–Crippen MR) is 54.2 cm³/mol. The minimum absolute atomic E-state index is 0.0349. The van der Waals surface area contributed by atoms with E-state index in [4.69, 9.17) is 4.74 Å². The zero-order valence-corrected chi connectivity index (χ0v) is 8.84. The first-order valence-corrected chi connectivity index (χ1v) is 5.22. The number of esters is 1. The summed E-state index contributed by atoms with van der Waals surface area (Å²) in [6.07, 6.45) is 4.65. The molecule has 0 spiro atoms. The first-order valence-electron chi connectivity index (χ1n) is 5.22. The van der Waals surface area contributed by atoms with Crippen molar-refractivity contribution in [3.05, 3.63) is 6.92 Å². The van der Waals surface area contributed by atoms with E-state index in [0.717, 1.165) is 25.7 Å². The maximum Gasteiger partial charge on any atom is 0.308 e. The Hall–Kier alpha value is -0.530. The fourth-order valence-electron chi connectivity index (χ4n) is 1.37. The number of rotatable bonds is 7. The molecule has 2 heteroatoms. The third kappa shape index (κ3) is 5.67. The normalized spacial score (nSPS) is 10.5. The van der Waals surface area contributed by atoms with Crippen LogP contribution in [0.1, 0.15) is 46.0 Å². The van der Waals surface area contributed by atoms with Crippen LogP contribution in [0, 0.1) is 12.8 Å². The van der Waals surface area contributed by atoms with Crippen LogP contribution < -0.4 is 0 Å². The van der Waals surface area contributed by atoms with E-state index in [-0.39, 0.29) is 11.9 Å². The summed E-state index contributed by atoms with van der Waals surface area (Å²) in [7, 11) is 0. The molecule has 0 aliphatic carbocycles. The molecule has 0 unspecified atom stereocenters. The van der Waals surface area contributed by atoms with Crippen molar-refractivity contribution in [1.29, 1.82) is 0 Å². The quantitative estimate of drug-likeness (QED) is 0.570. The molecule has 0 saturated carbocycles. The molecular formula is C11H21O2. The lowest BCUT2D eigenvalue weighted by atomic mass is 9.99. The second-order valence-electron chi connectivity index (χ2n) is 3.30. The van der Waals surface area contributed by atoms with Gasteiger partial charge in [-0.25, -0.2) is 0 Å². The molecule has 0 bridgehead atoms. The Kier molecular flexibility index (Phi) is 7.76. The van der Waals surface area contributed by atoms with Crippen LogP contribution in [0.25, 0.3) is 0 Å². The van der Waals surface area contributed by atoms with Gasteiger partial charge in [0, 0.05) is 0 Å². The van der Waals surface area contributed by atoms with Gasteiger partial charge in [-0.2, -0.15) is 0 Å². The molecule has 0 rings (SSSR count). The van der Waals surface area contributed by atoms with Crippen LogP contribution in [0.5, 0.6) is 0 Å². The van der Waals surface area contributed by atoms with Crippen molar-refractivity contribution in [2.45, 2.75) is 46.0 Å². The van der Waals surface area contributed by atoms with Gasteiger partial charge in [-0.15, -0.1) is 0 Å². The van der Waals surface area contributed by atoms with E-state index in [2.05, 4.69) is 20.8 Å². The van der Waals surface area contributed by atoms with Gasteiger partial charge in [0.05, 0.1) is 12.5 Å². The van der Waals surface area contributed by atoms with Crippen molar-refractivity contribution in [2.75, 3.05) is 6.61 Å². The molecule has 0 fully saturated rings. The summed E-state index contributed by atoms with van der Waals surface area (Å²) in [6, 6.07) is 0. The lowest BCUT2D eigenvalue weighted by Crippen LogP contribution is -2.18. The topological polar surface area (TPSA) is 26.3 Å². The molecule has 0 aliphatic heterocycles. The van der Waals surface area contributed by atoms with Crippen LogP contribution in [0.15, 0.2) is 0 Å². The molecule has 0 atom stereocenters. The Labute approximate surface area is 81.7 Å². The van der Waals surface area contributed by atoms with E-state index in [1.165, 1.54) is 0 Å². The summed E-state index contributed by atoms with van der Waals surface area (Å²) in [5, 5.41) is 0. The molecule has 13 heavy (non-hydrogen) atoms. The standard InChI is InChI=1S/C11H21O2/c1-4-7-10(8-5-2)11(12)13-9-6-3/h10H,3-9H2,1-2H3. The largest absolute Gasteiger partial charge is 0.465 e. The monoisotopic (exact) mass is 185 g/mol. The zero-order chi connectivity index (χ0) is 10.1. The minimum atomic E-state index is -0.0349. The fourth-order valence-corrected chi connectivity index (χ4v) is 1.37. The second-order valence-corrected chi connectivity index (χ2v) is 3.30. The summed E-state index contributed by atoms with van der Waals surface area (Å²) in [6.45, 7) is 8.28. The SMILES string of the molecule is [CH2]CCOC(=O)C(CCC)CCC. The molecule has 0 amide bonds. The van der Waals surface area contributed by atoms with Crippen molar-refractivity contribution in [2.24, 2.45) is 5.92 Å². The first-order chi connectivity index (χ1) is 6.26. The van der Waals surface area contributed by atoms with Crippen molar-refractivity contribution >= 4 is 5.97 Å². The van der Waals surface area contributed by atoms with Gasteiger partial charge >= 0.3 is 5.97 Å². The van der Waals surface area contributed by atoms with E-state index in [1.807, 2.05) is 0 Å². The Morgan fingerprint density at radius 3 is 2.23 bits per heavy atom. The lowest BCUT2D eigenvalue weighted by molar-refractivity contribution is -0.149. The van der Waals surface area contributed by atoms with Crippen molar-refractivity contribution in [1.82, 2.24) is 0 Å². The number of carbonyl (C=O) groups is 1. The smallest absolute Gasteiger partial charge is 0.308 e. The highest BCUT2D eigenvalue weighted by Gasteiger charge is 2.17. The highest BCUT2D eigenvalue weighted by atomic mass is 16.5. The molecule has 0 N–H and O–H groups in total. The van der Waals surface area contributed by atoms with Gasteiger partial charge in [-0.1, -0.05) is 26.7 Å². The highest BCUT2D eigenvalue weighted by Crippen LogP contribution is 2.15. The van der Waals surface area contributed by atoms with Crippen LogP contribution in [0.3, 0.4) is 0 Å². The highest BCUT2D eigenvalue weighted by molar-refractivity contribution is 5.72. The zero-order valence-electron chi connectivity index (χ0n) is 8.84. The van der Waals surface area contributed by atoms with Gasteiger partial charge in [-0.3, -0.25) is 4.79 Å². The van der Waals surface area contributed by atoms with Gasteiger partial charge < -0.3 is 4.74 Å². The van der Waals surface area contributed by atoms with Gasteiger partial charge in [0.2, 0.25) is 0 Å². The summed E-state index contributed by atoms with van der Waals surface area (Å²) in [5.74, 6) is 0.0777. The fraction of sp³-hybridized carbons (Fsp3) is 0.818. The maximum atomic E-state index is 11.4. The average molecular weight is 185 g/mol. The summed E-state index contributed by atoms with van der Waals surface area (Å²) in [5.41, 5.74) is 0. The predicted octanol–water partition coefficient (Wildman–Crippen LogP) is 2.97. The molecule has 0 aromatic rings. The van der Waals surface area contributed by atoms with Crippen LogP contribution >= 0.6 is 0 Å². The Morgan fingerprint density at radius 2 is 1.85 bits per heavy atom. The van der Waals surface area contributed by atoms with Gasteiger partial charge in [-0.05, 0) is 26.2 Å². The first kappa shape index (κ1) is 12.5. The van der Waals surface area contributed by atoms with Crippen molar-refractivity contribution in [3.8, 4) is 0 Å². The second kappa shape index (κ2) is 8.09. The lowest BCUT2D eigenvalue weighted by Gasteiger charge is -2.13. The molecule has 0 aromatic carbocycles. The van der Waals surface area contributed by atoms with Crippen LogP contribution in [0.2, 0.25) is 0 Å². The van der Waals surface area contributed by atoms with Crippen LogP contribution in [-0.4, -0.2) is 12.6 Å². The molecule has 0 saturated heterocycles. The number of hydrogen-bond donors (Lipinski definition) is 0. The number of ether oxygens (including phenoxy) is 1. The Bertz CT molecular complexity index is 126. The molecule has 1 radical (unpaired) electrons. The third-order valence-corrected chi connectivity index (χ3v) is 2.00. The third-order valence-electron chi connectivity index (χ3n) is 2.00. The van der Waals surface area contributed by atoms with E-state index in [0.29, 0.717) is 13.0 Å². The van der Waals surface area contributed by atoms with Crippen LogP contribution in [0.4, 0.5) is 0 Å². The molecule has 0 heterocycles. The Balaban J connectivity index is 3.80. The molecular weight excluding hydrogens is 164 g/mol. The molecule has 77 valence electrons. The van der Waals surface area contributed by atoms with Crippen molar-refractivity contribution < 1.29 is 9.53 Å². The minimum Gasteiger partial charge on any atom is -0.465 e. The summed E-state index contributed by atoms with van der Waals surface area (Å²) in [4.78, 5) is 11.4. The Morgan fingerprint density at radius 1 is 1.31 bits per heavy atom. The van der Waals surface area contributed by atoms with Gasteiger partial charge in [0.25, 0.3) is 0 Å². The molecule has 2 nitrogen and oxygen atoms in total. The van der Waals surface area contributed by atoms with E-state index in [9.17, 15) is 4.79 Å². The molecule has 0 aromatic heterocycles. The van der Waals surface area contributed by atoms with E-state index in [1.54, 1.807) is 0 Å².